The maximum absolute atomic E-state index is 13.6. The number of amides is 1. The lowest BCUT2D eigenvalue weighted by Gasteiger charge is -2.25. The number of hydrogen-bond donors (Lipinski definition) is 1. The summed E-state index contributed by atoms with van der Waals surface area (Å²) in [5, 5.41) is 2.86. The number of nitrogens with one attached hydrogen (secondary N) is 1. The van der Waals surface area contributed by atoms with Gasteiger partial charge in [-0.15, -0.1) is 0 Å². The summed E-state index contributed by atoms with van der Waals surface area (Å²) in [6.07, 6.45) is 4.61. The fourth-order valence-electron chi connectivity index (χ4n) is 2.56. The van der Waals surface area contributed by atoms with Crippen LogP contribution in [0.1, 0.15) is 41.6 Å². The Kier molecular flexibility index (Phi) is 4.97. The average molecular weight is 328 g/mol. The molecule has 2 nitrogen and oxygen atoms in total. The summed E-state index contributed by atoms with van der Waals surface area (Å²) < 4.78 is 13.6. The zero-order valence-electron chi connectivity index (χ0n) is 11.1. The number of alkyl halides is 1. The van der Waals surface area contributed by atoms with Gasteiger partial charge in [0.1, 0.15) is 5.82 Å². The van der Waals surface area contributed by atoms with Crippen LogP contribution in [0.5, 0.6) is 0 Å². The van der Waals surface area contributed by atoms with E-state index < -0.39 is 5.82 Å². The molecule has 0 spiro atoms. The van der Waals surface area contributed by atoms with Gasteiger partial charge in [-0.3, -0.25) is 4.79 Å². The van der Waals surface area contributed by atoms with E-state index in [4.69, 9.17) is 0 Å². The first-order chi connectivity index (χ1) is 9.06. The third-order valence-electron chi connectivity index (χ3n) is 3.64. The summed E-state index contributed by atoms with van der Waals surface area (Å²) in [7, 11) is 0. The first-order valence-electron chi connectivity index (χ1n) is 6.74. The first-order valence-corrected chi connectivity index (χ1v) is 7.66. The summed E-state index contributed by atoms with van der Waals surface area (Å²) in [4.78, 5) is 12.5. The van der Waals surface area contributed by atoms with Gasteiger partial charge >= 0.3 is 0 Å². The molecule has 2 unspecified atom stereocenters. The molecule has 2 rings (SSSR count). The van der Waals surface area contributed by atoms with Gasteiger partial charge in [-0.25, -0.2) is 4.39 Å². The van der Waals surface area contributed by atoms with Crippen LogP contribution in [0.4, 0.5) is 4.39 Å². The van der Waals surface area contributed by atoms with Gasteiger partial charge < -0.3 is 5.32 Å². The van der Waals surface area contributed by atoms with E-state index in [0.29, 0.717) is 17.3 Å². The smallest absolute Gasteiger partial charge is 0.254 e. The van der Waals surface area contributed by atoms with Gasteiger partial charge in [-0.05, 0) is 44.2 Å². The Morgan fingerprint density at radius 1 is 1.47 bits per heavy atom. The highest BCUT2D eigenvalue weighted by Crippen LogP contribution is 2.28. The number of hydrogen-bond acceptors (Lipinski definition) is 1. The molecule has 19 heavy (non-hydrogen) atoms. The van der Waals surface area contributed by atoms with Crippen LogP contribution in [0.3, 0.4) is 0 Å². The summed E-state index contributed by atoms with van der Waals surface area (Å²) in [5.41, 5.74) is 1.04. The van der Waals surface area contributed by atoms with Crippen LogP contribution in [0, 0.1) is 18.7 Å². The van der Waals surface area contributed by atoms with Crippen molar-refractivity contribution in [1.29, 1.82) is 0 Å². The van der Waals surface area contributed by atoms with E-state index in [9.17, 15) is 9.18 Å². The highest BCUT2D eigenvalue weighted by atomic mass is 79.9. The molecule has 4 heteroatoms. The molecule has 1 aliphatic carbocycles. The number of benzene rings is 1. The number of rotatable bonds is 3. The first kappa shape index (κ1) is 14.5. The van der Waals surface area contributed by atoms with Gasteiger partial charge in [0, 0.05) is 11.4 Å². The maximum Gasteiger partial charge on any atom is 0.254 e. The Balaban J connectivity index is 1.92. The van der Waals surface area contributed by atoms with Crippen LogP contribution >= 0.6 is 15.9 Å². The average Bonchev–Trinajstić information content (AvgIpc) is 2.39. The lowest BCUT2D eigenvalue weighted by molar-refractivity contribution is 0.0939. The van der Waals surface area contributed by atoms with Gasteiger partial charge in [0.25, 0.3) is 5.91 Å². The molecular formula is C15H19BrFNO. The van der Waals surface area contributed by atoms with Crippen molar-refractivity contribution in [2.45, 2.75) is 37.4 Å². The second-order valence-electron chi connectivity index (χ2n) is 5.32. The van der Waals surface area contributed by atoms with Crippen molar-refractivity contribution in [2.75, 3.05) is 6.54 Å². The fourth-order valence-corrected chi connectivity index (χ4v) is 3.41. The highest BCUT2D eigenvalue weighted by Gasteiger charge is 2.21. The molecule has 1 saturated carbocycles. The SMILES string of the molecule is Cc1ccc(F)c(C(=O)NCC2CCCC(Br)C2)c1. The third kappa shape index (κ3) is 4.03. The van der Waals surface area contributed by atoms with E-state index in [1.165, 1.54) is 18.9 Å². The molecule has 1 N–H and O–H groups in total. The van der Waals surface area contributed by atoms with Gasteiger partial charge in [-0.2, -0.15) is 0 Å². The minimum Gasteiger partial charge on any atom is -0.352 e. The van der Waals surface area contributed by atoms with Crippen LogP contribution in [0.2, 0.25) is 0 Å². The Labute approximate surface area is 121 Å². The van der Waals surface area contributed by atoms with E-state index in [2.05, 4.69) is 21.2 Å². The summed E-state index contributed by atoms with van der Waals surface area (Å²) in [6, 6.07) is 4.61. The third-order valence-corrected chi connectivity index (χ3v) is 4.47. The molecule has 2 atom stereocenters. The molecule has 0 aromatic heterocycles. The van der Waals surface area contributed by atoms with E-state index in [0.717, 1.165) is 18.4 Å². The number of carbonyl (C=O) groups excluding carboxylic acids is 1. The topological polar surface area (TPSA) is 29.1 Å². The summed E-state index contributed by atoms with van der Waals surface area (Å²) in [5.74, 6) is -0.266. The van der Waals surface area contributed by atoms with Crippen molar-refractivity contribution in [3.63, 3.8) is 0 Å². The van der Waals surface area contributed by atoms with Crippen LogP contribution in [0.25, 0.3) is 0 Å². The largest absolute Gasteiger partial charge is 0.352 e. The van der Waals surface area contributed by atoms with Gasteiger partial charge in [0.05, 0.1) is 5.56 Å². The molecule has 0 aliphatic heterocycles. The lowest BCUT2D eigenvalue weighted by atomic mass is 9.89. The molecule has 1 aliphatic rings. The van der Waals surface area contributed by atoms with Gasteiger partial charge in [0.15, 0.2) is 0 Å². The van der Waals surface area contributed by atoms with E-state index >= 15 is 0 Å². The predicted molar refractivity (Wildman–Crippen MR) is 78.1 cm³/mol. The normalized spacial score (nSPS) is 23.1. The molecular weight excluding hydrogens is 309 g/mol. The number of aryl methyl sites for hydroxylation is 1. The molecule has 0 heterocycles. The maximum atomic E-state index is 13.6. The van der Waals surface area contributed by atoms with E-state index in [-0.39, 0.29) is 11.5 Å². The van der Waals surface area contributed by atoms with Gasteiger partial charge in [-0.1, -0.05) is 34.0 Å². The molecule has 1 amide bonds. The standard InChI is InChI=1S/C15H19BrFNO/c1-10-5-6-14(17)13(7-10)15(19)18-9-11-3-2-4-12(16)8-11/h5-7,11-12H,2-4,8-9H2,1H3,(H,18,19). The zero-order chi connectivity index (χ0) is 13.8. The number of carbonyl (C=O) groups is 1. The summed E-state index contributed by atoms with van der Waals surface area (Å²) in [6.45, 7) is 2.49. The Bertz CT molecular complexity index is 463. The minimum atomic E-state index is -0.454. The predicted octanol–water partition coefficient (Wildman–Crippen LogP) is 3.82. The molecule has 104 valence electrons. The Hall–Kier alpha value is -0.900. The molecule has 0 bridgehead atoms. The molecule has 0 radical (unpaired) electrons. The number of halogens is 2. The molecule has 0 saturated heterocycles. The van der Waals surface area contributed by atoms with Crippen molar-refractivity contribution in [3.05, 3.63) is 35.1 Å². The van der Waals surface area contributed by atoms with Crippen LogP contribution in [-0.2, 0) is 0 Å². The van der Waals surface area contributed by atoms with Crippen molar-refractivity contribution >= 4 is 21.8 Å². The van der Waals surface area contributed by atoms with Crippen molar-refractivity contribution in [3.8, 4) is 0 Å². The van der Waals surface area contributed by atoms with E-state index in [1.54, 1.807) is 12.1 Å². The Morgan fingerprint density at radius 2 is 2.26 bits per heavy atom. The van der Waals surface area contributed by atoms with Crippen LogP contribution in [-0.4, -0.2) is 17.3 Å². The van der Waals surface area contributed by atoms with Crippen molar-refractivity contribution < 1.29 is 9.18 Å². The molecule has 1 fully saturated rings. The van der Waals surface area contributed by atoms with Crippen molar-refractivity contribution in [1.82, 2.24) is 5.32 Å². The second kappa shape index (κ2) is 6.51. The molecule has 1 aromatic carbocycles. The Morgan fingerprint density at radius 3 is 3.00 bits per heavy atom. The van der Waals surface area contributed by atoms with Crippen LogP contribution in [0.15, 0.2) is 18.2 Å². The lowest BCUT2D eigenvalue weighted by Crippen LogP contribution is -2.32. The van der Waals surface area contributed by atoms with Gasteiger partial charge in [0.2, 0.25) is 0 Å². The zero-order valence-corrected chi connectivity index (χ0v) is 12.7. The van der Waals surface area contributed by atoms with Crippen LogP contribution < -0.4 is 5.32 Å². The fraction of sp³-hybridized carbons (Fsp3) is 0.533. The second-order valence-corrected chi connectivity index (χ2v) is 6.62. The van der Waals surface area contributed by atoms with E-state index in [1.807, 2.05) is 6.92 Å². The quantitative estimate of drug-likeness (QED) is 0.840. The molecule has 1 aromatic rings. The minimum absolute atomic E-state index is 0.145. The highest BCUT2D eigenvalue weighted by molar-refractivity contribution is 9.09. The van der Waals surface area contributed by atoms with Crippen molar-refractivity contribution in [2.24, 2.45) is 5.92 Å². The summed E-state index contributed by atoms with van der Waals surface area (Å²) >= 11 is 3.63. The monoisotopic (exact) mass is 327 g/mol.